The minimum Gasteiger partial charge on any atom is -0.459 e. The monoisotopic (exact) mass is 275 g/mol. The molecule has 0 bridgehead atoms. The fourth-order valence-corrected chi connectivity index (χ4v) is 1.53. The molecule has 0 saturated heterocycles. The van der Waals surface area contributed by atoms with Crippen LogP contribution >= 0.6 is 0 Å². The molecule has 102 valence electrons. The number of benzene rings is 1. The summed E-state index contributed by atoms with van der Waals surface area (Å²) in [5.41, 5.74) is 5.86. The van der Waals surface area contributed by atoms with E-state index in [-0.39, 0.29) is 24.7 Å². The van der Waals surface area contributed by atoms with Crippen LogP contribution in [0.25, 0.3) is 0 Å². The van der Waals surface area contributed by atoms with Gasteiger partial charge in [-0.15, -0.1) is 5.10 Å². The quantitative estimate of drug-likeness (QED) is 0.819. The fourth-order valence-electron chi connectivity index (χ4n) is 1.53. The summed E-state index contributed by atoms with van der Waals surface area (Å²) in [5.74, 6) is -1.07. The molecule has 0 fully saturated rings. The van der Waals surface area contributed by atoms with Gasteiger partial charge < -0.3 is 10.5 Å². The Morgan fingerprint density at radius 2 is 2.30 bits per heavy atom. The number of hydrogen-bond donors (Lipinski definition) is 1. The van der Waals surface area contributed by atoms with Crippen LogP contribution in [-0.4, -0.2) is 20.7 Å². The molecule has 0 saturated carbocycles. The van der Waals surface area contributed by atoms with Gasteiger partial charge in [0, 0.05) is 0 Å². The number of rotatable bonds is 4. The molecule has 0 aliphatic rings. The molecule has 1 heterocycles. The summed E-state index contributed by atoms with van der Waals surface area (Å²) in [6.45, 7) is -0.278. The Morgan fingerprint density at radius 1 is 1.50 bits per heavy atom. The van der Waals surface area contributed by atoms with Crippen molar-refractivity contribution in [3.05, 3.63) is 41.5 Å². The number of halogens is 1. The van der Waals surface area contributed by atoms with Crippen LogP contribution in [0, 0.1) is 17.1 Å². The fraction of sp³-hybridized carbons (Fsp3) is 0.167. The number of anilines is 1. The van der Waals surface area contributed by atoms with E-state index in [9.17, 15) is 9.18 Å². The van der Waals surface area contributed by atoms with Crippen molar-refractivity contribution in [2.45, 2.75) is 13.2 Å². The maximum Gasteiger partial charge on any atom is 0.328 e. The van der Waals surface area contributed by atoms with E-state index in [1.807, 2.05) is 6.07 Å². The zero-order valence-corrected chi connectivity index (χ0v) is 10.3. The van der Waals surface area contributed by atoms with E-state index in [1.165, 1.54) is 23.1 Å². The van der Waals surface area contributed by atoms with Crippen molar-refractivity contribution in [3.8, 4) is 6.07 Å². The molecule has 0 spiro atoms. The van der Waals surface area contributed by atoms with Crippen molar-refractivity contribution in [1.82, 2.24) is 14.8 Å². The van der Waals surface area contributed by atoms with Gasteiger partial charge in [0.2, 0.25) is 5.95 Å². The average Bonchev–Trinajstić information content (AvgIpc) is 2.81. The molecule has 8 heteroatoms. The molecule has 0 unspecified atom stereocenters. The molecular weight excluding hydrogens is 265 g/mol. The van der Waals surface area contributed by atoms with Gasteiger partial charge in [-0.3, -0.25) is 4.79 Å². The van der Waals surface area contributed by atoms with Crippen LogP contribution in [-0.2, 0) is 22.7 Å². The molecule has 2 aromatic rings. The van der Waals surface area contributed by atoms with Gasteiger partial charge in [-0.25, -0.2) is 14.1 Å². The average molecular weight is 275 g/mol. The minimum absolute atomic E-state index is 0.0570. The Kier molecular flexibility index (Phi) is 3.91. The zero-order valence-electron chi connectivity index (χ0n) is 10.3. The number of carbonyl (C=O) groups is 1. The van der Waals surface area contributed by atoms with Crippen LogP contribution in [0.15, 0.2) is 24.5 Å². The number of esters is 1. The molecule has 20 heavy (non-hydrogen) atoms. The second-order valence-electron chi connectivity index (χ2n) is 3.92. The van der Waals surface area contributed by atoms with Gasteiger partial charge in [0.1, 0.15) is 25.3 Å². The molecule has 0 aliphatic carbocycles. The highest BCUT2D eigenvalue weighted by molar-refractivity contribution is 5.69. The van der Waals surface area contributed by atoms with E-state index in [1.54, 1.807) is 0 Å². The first-order valence-corrected chi connectivity index (χ1v) is 5.57. The summed E-state index contributed by atoms with van der Waals surface area (Å²) < 4.78 is 19.3. The Balaban J connectivity index is 1.93. The first-order chi connectivity index (χ1) is 9.56. The van der Waals surface area contributed by atoms with Crippen LogP contribution in [0.1, 0.15) is 11.1 Å². The van der Waals surface area contributed by atoms with Gasteiger partial charge in [-0.1, -0.05) is 0 Å². The van der Waals surface area contributed by atoms with E-state index in [0.717, 1.165) is 6.07 Å². The maximum absolute atomic E-state index is 13.2. The van der Waals surface area contributed by atoms with Gasteiger partial charge >= 0.3 is 5.97 Å². The second-order valence-corrected chi connectivity index (χ2v) is 3.92. The lowest BCUT2D eigenvalue weighted by Crippen LogP contribution is -2.14. The summed E-state index contributed by atoms with van der Waals surface area (Å²) in [4.78, 5) is 15.2. The number of nitrogen functional groups attached to an aromatic ring is 1. The number of carbonyl (C=O) groups excluding carboxylic acids is 1. The Morgan fingerprint density at radius 3 is 2.95 bits per heavy atom. The molecule has 2 rings (SSSR count). The molecule has 0 atom stereocenters. The maximum atomic E-state index is 13.2. The van der Waals surface area contributed by atoms with E-state index in [0.29, 0.717) is 5.56 Å². The van der Waals surface area contributed by atoms with Gasteiger partial charge in [0.15, 0.2) is 0 Å². The number of nitrogens with two attached hydrogens (primary N) is 1. The molecule has 7 nitrogen and oxygen atoms in total. The number of aromatic nitrogens is 3. The Labute approximate surface area is 113 Å². The zero-order chi connectivity index (χ0) is 14.5. The summed E-state index contributed by atoms with van der Waals surface area (Å²) in [6.07, 6.45) is 1.30. The van der Waals surface area contributed by atoms with Crippen molar-refractivity contribution in [2.75, 3.05) is 5.73 Å². The smallest absolute Gasteiger partial charge is 0.328 e. The lowest BCUT2D eigenvalue weighted by molar-refractivity contribution is -0.145. The van der Waals surface area contributed by atoms with E-state index < -0.39 is 11.8 Å². The molecule has 0 radical (unpaired) electrons. The lowest BCUT2D eigenvalue weighted by atomic mass is 10.1. The van der Waals surface area contributed by atoms with Gasteiger partial charge in [-0.05, 0) is 23.8 Å². The third-order valence-corrected chi connectivity index (χ3v) is 2.33. The van der Waals surface area contributed by atoms with Crippen LogP contribution in [0.4, 0.5) is 10.3 Å². The predicted octanol–water partition coefficient (Wildman–Crippen LogP) is 0.614. The molecule has 1 aromatic carbocycles. The van der Waals surface area contributed by atoms with Gasteiger partial charge in [-0.2, -0.15) is 5.26 Å². The van der Waals surface area contributed by atoms with E-state index in [4.69, 9.17) is 15.7 Å². The summed E-state index contributed by atoms with van der Waals surface area (Å²) in [7, 11) is 0. The molecule has 2 N–H and O–H groups in total. The second kappa shape index (κ2) is 5.79. The van der Waals surface area contributed by atoms with Crippen molar-refractivity contribution in [2.24, 2.45) is 0 Å². The molecular formula is C12H10FN5O2. The van der Waals surface area contributed by atoms with Gasteiger partial charge in [0.05, 0.1) is 11.6 Å². The van der Waals surface area contributed by atoms with Crippen molar-refractivity contribution < 1.29 is 13.9 Å². The van der Waals surface area contributed by atoms with Crippen molar-refractivity contribution in [1.29, 1.82) is 5.26 Å². The van der Waals surface area contributed by atoms with Crippen LogP contribution in [0.5, 0.6) is 0 Å². The molecule has 0 aliphatic heterocycles. The van der Waals surface area contributed by atoms with Gasteiger partial charge in [0.25, 0.3) is 0 Å². The topological polar surface area (TPSA) is 107 Å². The third-order valence-electron chi connectivity index (χ3n) is 2.33. The standard InChI is InChI=1S/C12H10FN5O2/c13-10-2-8(4-14)1-9(3-10)6-20-11(19)5-18-7-16-12(15)17-18/h1-3,7H,5-6H2,(H2,15,17). The number of hydrogen-bond acceptors (Lipinski definition) is 6. The third kappa shape index (κ3) is 3.52. The first-order valence-electron chi connectivity index (χ1n) is 5.57. The van der Waals surface area contributed by atoms with E-state index >= 15 is 0 Å². The Bertz CT molecular complexity index is 677. The highest BCUT2D eigenvalue weighted by atomic mass is 19.1. The van der Waals surface area contributed by atoms with E-state index in [2.05, 4.69) is 10.1 Å². The molecule has 1 aromatic heterocycles. The number of nitrogens with zero attached hydrogens (tertiary/aromatic N) is 4. The first kappa shape index (κ1) is 13.5. The summed E-state index contributed by atoms with van der Waals surface area (Å²) >= 11 is 0. The van der Waals surface area contributed by atoms with Crippen LogP contribution in [0.2, 0.25) is 0 Å². The SMILES string of the molecule is N#Cc1cc(F)cc(COC(=O)Cn2cnc(N)n2)c1. The number of nitriles is 1. The van der Waals surface area contributed by atoms with Crippen molar-refractivity contribution >= 4 is 11.9 Å². The Hall–Kier alpha value is -2.95. The largest absolute Gasteiger partial charge is 0.459 e. The normalized spacial score (nSPS) is 10.0. The van der Waals surface area contributed by atoms with Crippen LogP contribution in [0.3, 0.4) is 0 Å². The molecule has 0 amide bonds. The van der Waals surface area contributed by atoms with Crippen molar-refractivity contribution in [3.63, 3.8) is 0 Å². The highest BCUT2D eigenvalue weighted by Gasteiger charge is 2.08. The lowest BCUT2D eigenvalue weighted by Gasteiger charge is -2.05. The summed E-state index contributed by atoms with van der Waals surface area (Å²) in [6, 6.07) is 5.57. The predicted molar refractivity (Wildman–Crippen MR) is 65.3 cm³/mol. The highest BCUT2D eigenvalue weighted by Crippen LogP contribution is 2.10. The summed E-state index contributed by atoms with van der Waals surface area (Å²) in [5, 5.41) is 12.4. The van der Waals surface area contributed by atoms with Crippen LogP contribution < -0.4 is 5.73 Å². The number of ether oxygens (including phenoxy) is 1. The minimum atomic E-state index is -0.572.